The average Bonchev–Trinajstić information content (AvgIpc) is 2.86. The van der Waals surface area contributed by atoms with Gasteiger partial charge < -0.3 is 5.32 Å². The first kappa shape index (κ1) is 9.12. The first-order valence-corrected chi connectivity index (χ1v) is 5.47. The van der Waals surface area contributed by atoms with E-state index >= 15 is 0 Å². The zero-order valence-corrected chi connectivity index (χ0v) is 8.73. The number of nitriles is 1. The first-order valence-electron chi connectivity index (χ1n) is 3.88. The van der Waals surface area contributed by atoms with E-state index in [1.807, 2.05) is 12.1 Å². The van der Waals surface area contributed by atoms with E-state index in [2.05, 4.69) is 21.0 Å². The second-order valence-electron chi connectivity index (χ2n) is 2.51. The fourth-order valence-electron chi connectivity index (χ4n) is 0.952. The monoisotopic (exact) mass is 222 g/mol. The molecule has 0 bridgehead atoms. The molecule has 0 radical (unpaired) electrons. The van der Waals surface area contributed by atoms with Crippen LogP contribution in [-0.2, 0) is 6.54 Å². The summed E-state index contributed by atoms with van der Waals surface area (Å²) < 4.78 is 3.74. The van der Waals surface area contributed by atoms with Gasteiger partial charge in [-0.15, -0.1) is 16.4 Å². The molecule has 0 unspecified atom stereocenters. The van der Waals surface area contributed by atoms with E-state index in [0.29, 0.717) is 0 Å². The number of anilines is 1. The topological polar surface area (TPSA) is 61.6 Å². The van der Waals surface area contributed by atoms with Crippen LogP contribution in [0, 0.1) is 11.3 Å². The van der Waals surface area contributed by atoms with Gasteiger partial charge in [0.2, 0.25) is 0 Å². The Bertz CT molecular complexity index is 440. The molecule has 0 amide bonds. The van der Waals surface area contributed by atoms with Gasteiger partial charge in [0.1, 0.15) is 15.9 Å². The molecule has 0 aliphatic heterocycles. The van der Waals surface area contributed by atoms with Gasteiger partial charge in [-0.2, -0.15) is 5.26 Å². The van der Waals surface area contributed by atoms with Crippen molar-refractivity contribution in [3.05, 3.63) is 28.1 Å². The summed E-state index contributed by atoms with van der Waals surface area (Å²) in [5.41, 5.74) is 0. The lowest BCUT2D eigenvalue weighted by Gasteiger charge is -1.97. The van der Waals surface area contributed by atoms with Gasteiger partial charge in [-0.05, 0) is 12.1 Å². The number of nitrogens with zero attached hydrogens (tertiary/aromatic N) is 3. The highest BCUT2D eigenvalue weighted by Gasteiger charge is 1.99. The number of hydrogen-bond acceptors (Lipinski definition) is 6. The van der Waals surface area contributed by atoms with Gasteiger partial charge in [-0.1, -0.05) is 4.49 Å². The molecule has 14 heavy (non-hydrogen) atoms. The SMILES string of the molecule is N#Cc1ccc(CNc2cnns2)s1. The van der Waals surface area contributed by atoms with E-state index in [1.165, 1.54) is 22.9 Å². The van der Waals surface area contributed by atoms with Crippen LogP contribution in [0.1, 0.15) is 9.75 Å². The van der Waals surface area contributed by atoms with Crippen LogP contribution in [0.4, 0.5) is 5.00 Å². The van der Waals surface area contributed by atoms with Crippen molar-refractivity contribution in [2.45, 2.75) is 6.54 Å². The molecule has 2 heterocycles. The average molecular weight is 222 g/mol. The number of thiophene rings is 1. The molecule has 2 aromatic rings. The molecule has 0 saturated heterocycles. The number of aromatic nitrogens is 2. The van der Waals surface area contributed by atoms with Crippen LogP contribution >= 0.6 is 22.9 Å². The lowest BCUT2D eigenvalue weighted by molar-refractivity contribution is 1.15. The molecule has 6 heteroatoms. The minimum Gasteiger partial charge on any atom is -0.369 e. The van der Waals surface area contributed by atoms with Gasteiger partial charge in [0.25, 0.3) is 0 Å². The fraction of sp³-hybridized carbons (Fsp3) is 0.125. The molecule has 0 aromatic carbocycles. The smallest absolute Gasteiger partial charge is 0.130 e. The molecule has 0 saturated carbocycles. The molecule has 0 aliphatic rings. The predicted octanol–water partition coefficient (Wildman–Crippen LogP) is 2.08. The Kier molecular flexibility index (Phi) is 2.72. The molecule has 70 valence electrons. The third-order valence-electron chi connectivity index (χ3n) is 1.57. The van der Waals surface area contributed by atoms with Crippen LogP contribution in [0.5, 0.6) is 0 Å². The molecule has 2 rings (SSSR count). The molecule has 0 spiro atoms. The molecule has 2 aromatic heterocycles. The van der Waals surface area contributed by atoms with E-state index in [4.69, 9.17) is 5.26 Å². The minimum atomic E-state index is 0.718. The number of nitrogens with one attached hydrogen (secondary N) is 1. The summed E-state index contributed by atoms with van der Waals surface area (Å²) in [6.07, 6.45) is 1.68. The van der Waals surface area contributed by atoms with Crippen LogP contribution in [0.2, 0.25) is 0 Å². The second kappa shape index (κ2) is 4.17. The van der Waals surface area contributed by atoms with Crippen molar-refractivity contribution in [3.63, 3.8) is 0 Å². The van der Waals surface area contributed by atoms with Gasteiger partial charge in [0, 0.05) is 16.4 Å². The fourth-order valence-corrected chi connectivity index (χ4v) is 2.11. The van der Waals surface area contributed by atoms with Crippen LogP contribution in [0.25, 0.3) is 0 Å². The normalized spacial score (nSPS) is 9.64. The quantitative estimate of drug-likeness (QED) is 0.863. The van der Waals surface area contributed by atoms with Crippen molar-refractivity contribution in [1.82, 2.24) is 9.59 Å². The summed E-state index contributed by atoms with van der Waals surface area (Å²) in [4.78, 5) is 1.87. The standard InChI is InChI=1S/C8H6N4S2/c9-3-6-1-2-7(13-6)4-10-8-5-11-12-14-8/h1-2,5,10H,4H2. The van der Waals surface area contributed by atoms with Crippen LogP contribution < -0.4 is 5.32 Å². The van der Waals surface area contributed by atoms with Gasteiger partial charge in [0.05, 0.1) is 12.7 Å². The van der Waals surface area contributed by atoms with Crippen molar-refractivity contribution in [2.75, 3.05) is 5.32 Å². The summed E-state index contributed by atoms with van der Waals surface area (Å²) in [6, 6.07) is 5.88. The highest BCUT2D eigenvalue weighted by atomic mass is 32.1. The Morgan fingerprint density at radius 2 is 2.43 bits per heavy atom. The Labute approximate surface area is 89.0 Å². The highest BCUT2D eigenvalue weighted by Crippen LogP contribution is 2.17. The zero-order chi connectivity index (χ0) is 9.80. The third-order valence-corrected chi connectivity index (χ3v) is 3.18. The van der Waals surface area contributed by atoms with Crippen LogP contribution in [0.3, 0.4) is 0 Å². The summed E-state index contributed by atoms with van der Waals surface area (Å²) in [5, 5.41) is 16.5. The molecule has 1 N–H and O–H groups in total. The Morgan fingerprint density at radius 1 is 1.50 bits per heavy atom. The molecular weight excluding hydrogens is 216 g/mol. The zero-order valence-electron chi connectivity index (χ0n) is 7.10. The maximum absolute atomic E-state index is 8.63. The summed E-state index contributed by atoms with van der Waals surface area (Å²) in [6.45, 7) is 0.718. The second-order valence-corrected chi connectivity index (χ2v) is 4.47. The van der Waals surface area contributed by atoms with E-state index < -0.39 is 0 Å². The number of hydrogen-bond donors (Lipinski definition) is 1. The Morgan fingerprint density at radius 3 is 3.07 bits per heavy atom. The van der Waals surface area contributed by atoms with E-state index in [-0.39, 0.29) is 0 Å². The van der Waals surface area contributed by atoms with Crippen molar-refractivity contribution in [1.29, 1.82) is 5.26 Å². The van der Waals surface area contributed by atoms with Crippen LogP contribution in [0.15, 0.2) is 18.3 Å². The van der Waals surface area contributed by atoms with Crippen molar-refractivity contribution < 1.29 is 0 Å². The van der Waals surface area contributed by atoms with E-state index in [9.17, 15) is 0 Å². The van der Waals surface area contributed by atoms with Gasteiger partial charge in [0.15, 0.2) is 0 Å². The lowest BCUT2D eigenvalue weighted by Crippen LogP contribution is -1.94. The van der Waals surface area contributed by atoms with E-state index in [0.717, 1.165) is 21.3 Å². The predicted molar refractivity (Wildman–Crippen MR) is 56.3 cm³/mol. The largest absolute Gasteiger partial charge is 0.369 e. The highest BCUT2D eigenvalue weighted by molar-refractivity contribution is 7.12. The Balaban J connectivity index is 1.96. The first-order chi connectivity index (χ1) is 6.88. The maximum Gasteiger partial charge on any atom is 0.130 e. The van der Waals surface area contributed by atoms with Gasteiger partial charge in [-0.3, -0.25) is 0 Å². The lowest BCUT2D eigenvalue weighted by atomic mass is 10.4. The molecule has 0 atom stereocenters. The van der Waals surface area contributed by atoms with Crippen molar-refractivity contribution >= 4 is 27.9 Å². The van der Waals surface area contributed by atoms with Crippen molar-refractivity contribution in [3.8, 4) is 6.07 Å². The molecule has 4 nitrogen and oxygen atoms in total. The third kappa shape index (κ3) is 2.07. The number of rotatable bonds is 3. The summed E-state index contributed by atoms with van der Waals surface area (Å²) >= 11 is 2.82. The minimum absolute atomic E-state index is 0.718. The van der Waals surface area contributed by atoms with Gasteiger partial charge in [-0.25, -0.2) is 0 Å². The van der Waals surface area contributed by atoms with E-state index in [1.54, 1.807) is 6.20 Å². The molecule has 0 aliphatic carbocycles. The summed E-state index contributed by atoms with van der Waals surface area (Å²) in [7, 11) is 0. The Hall–Kier alpha value is -1.45. The molecular formula is C8H6N4S2. The summed E-state index contributed by atoms with van der Waals surface area (Å²) in [5.74, 6) is 0. The maximum atomic E-state index is 8.63. The van der Waals surface area contributed by atoms with Crippen molar-refractivity contribution in [2.24, 2.45) is 0 Å². The molecule has 0 fully saturated rings. The van der Waals surface area contributed by atoms with Gasteiger partial charge >= 0.3 is 0 Å². The van der Waals surface area contributed by atoms with Crippen LogP contribution in [-0.4, -0.2) is 9.59 Å².